The molecule has 12 heteroatoms. The van der Waals surface area contributed by atoms with E-state index >= 15 is 0 Å². The van der Waals surface area contributed by atoms with E-state index in [9.17, 15) is 23.1 Å². The predicted octanol–water partition coefficient (Wildman–Crippen LogP) is 5.01. The summed E-state index contributed by atoms with van der Waals surface area (Å²) in [4.78, 5) is 17.8. The van der Waals surface area contributed by atoms with E-state index in [-0.39, 0.29) is 6.10 Å². The summed E-state index contributed by atoms with van der Waals surface area (Å²) in [6.07, 6.45) is -3.71. The van der Waals surface area contributed by atoms with Gasteiger partial charge in [0, 0.05) is 37.9 Å². The molecule has 194 valence electrons. The van der Waals surface area contributed by atoms with Gasteiger partial charge in [0.2, 0.25) is 5.88 Å². The van der Waals surface area contributed by atoms with Gasteiger partial charge in [0.15, 0.2) is 5.82 Å². The van der Waals surface area contributed by atoms with Crippen molar-refractivity contribution >= 4 is 34.8 Å². The number of ether oxygens (including phenoxy) is 2. The minimum absolute atomic E-state index is 0.0575. The number of piperidine rings is 1. The summed E-state index contributed by atoms with van der Waals surface area (Å²) in [5, 5.41) is 14.6. The summed E-state index contributed by atoms with van der Waals surface area (Å²) in [5.74, 6) is -0.551. The third-order valence-electron chi connectivity index (χ3n) is 6.37. The van der Waals surface area contributed by atoms with Crippen molar-refractivity contribution < 1.29 is 32.5 Å². The van der Waals surface area contributed by atoms with E-state index in [0.29, 0.717) is 41.2 Å². The Hall–Kier alpha value is -3.21. The van der Waals surface area contributed by atoms with Gasteiger partial charge in [-0.25, -0.2) is 0 Å². The molecule has 1 N–H and O–H groups in total. The molecular formula is C24H26ClF3N4O4. The molecule has 0 amide bonds. The molecule has 0 saturated carbocycles. The number of hydrogen-bond acceptors (Lipinski definition) is 7. The van der Waals surface area contributed by atoms with Gasteiger partial charge in [-0.15, -0.1) is 0 Å². The van der Waals surface area contributed by atoms with Crippen LogP contribution in [0.15, 0.2) is 41.5 Å². The maximum absolute atomic E-state index is 13.4. The molecule has 2 aliphatic heterocycles. The number of aliphatic carboxylic acids is 1. The number of rotatable bonds is 7. The fraction of sp³-hybridized carbons (Fsp3) is 0.458. The molecule has 0 radical (unpaired) electrons. The van der Waals surface area contributed by atoms with Crippen molar-refractivity contribution in [2.75, 3.05) is 30.1 Å². The van der Waals surface area contributed by atoms with Crippen molar-refractivity contribution in [1.29, 1.82) is 0 Å². The van der Waals surface area contributed by atoms with Gasteiger partial charge in [-0.1, -0.05) is 18.5 Å². The number of hydrogen-bond donors (Lipinski definition) is 1. The summed E-state index contributed by atoms with van der Waals surface area (Å²) in [6.45, 7) is 2.71. The van der Waals surface area contributed by atoms with Crippen LogP contribution in [-0.2, 0) is 4.79 Å². The van der Waals surface area contributed by atoms with Gasteiger partial charge in [-0.3, -0.25) is 9.80 Å². The first kappa shape index (κ1) is 25.9. The standard InChI is InChI=1S/C24H26ClF3N4O4/c1-14-19(13-21(33)34)32(30-22(14)24(26,27)28)15-3-5-16(6-4-15)36-17-9-11-31(12-10-17)23-18(25)7-8-20(29-23)35-2/h3-8,14,17,19H,9-13H2,1-2H3,(H,33,34). The quantitative estimate of drug-likeness (QED) is 0.542. The van der Waals surface area contributed by atoms with Crippen LogP contribution in [0.5, 0.6) is 11.6 Å². The van der Waals surface area contributed by atoms with Gasteiger partial charge in [-0.2, -0.15) is 23.3 Å². The Morgan fingerprint density at radius 2 is 1.83 bits per heavy atom. The van der Waals surface area contributed by atoms with Crippen LogP contribution in [0, 0.1) is 5.92 Å². The second kappa shape index (κ2) is 10.4. The number of methoxy groups -OCH3 is 1. The number of carboxylic acids is 1. The second-order valence-corrected chi connectivity index (χ2v) is 9.15. The summed E-state index contributed by atoms with van der Waals surface area (Å²) < 4.78 is 51.4. The Morgan fingerprint density at radius 3 is 2.42 bits per heavy atom. The van der Waals surface area contributed by atoms with E-state index in [2.05, 4.69) is 15.0 Å². The molecule has 1 saturated heterocycles. The van der Waals surface area contributed by atoms with Crippen LogP contribution in [0.3, 0.4) is 0 Å². The van der Waals surface area contributed by atoms with E-state index in [1.54, 1.807) is 43.5 Å². The lowest BCUT2D eigenvalue weighted by Gasteiger charge is -2.33. The highest BCUT2D eigenvalue weighted by Crippen LogP contribution is 2.37. The molecule has 2 aromatic rings. The van der Waals surface area contributed by atoms with Crippen LogP contribution >= 0.6 is 11.6 Å². The van der Waals surface area contributed by atoms with Gasteiger partial charge in [0.05, 0.1) is 30.3 Å². The molecular weight excluding hydrogens is 501 g/mol. The molecule has 8 nitrogen and oxygen atoms in total. The zero-order chi connectivity index (χ0) is 26.0. The maximum Gasteiger partial charge on any atom is 0.431 e. The average Bonchev–Trinajstić information content (AvgIpc) is 3.16. The largest absolute Gasteiger partial charge is 0.490 e. The van der Waals surface area contributed by atoms with Crippen LogP contribution in [-0.4, -0.2) is 60.3 Å². The van der Waals surface area contributed by atoms with E-state index < -0.39 is 36.2 Å². The summed E-state index contributed by atoms with van der Waals surface area (Å²) >= 11 is 6.30. The summed E-state index contributed by atoms with van der Waals surface area (Å²) in [7, 11) is 1.55. The smallest absolute Gasteiger partial charge is 0.431 e. The van der Waals surface area contributed by atoms with Gasteiger partial charge >= 0.3 is 12.1 Å². The Labute approximate surface area is 211 Å². The zero-order valence-corrected chi connectivity index (χ0v) is 20.5. The van der Waals surface area contributed by atoms with Crippen molar-refractivity contribution in [3.63, 3.8) is 0 Å². The normalized spacial score (nSPS) is 20.9. The molecule has 3 heterocycles. The third kappa shape index (κ3) is 5.61. The van der Waals surface area contributed by atoms with Gasteiger partial charge < -0.3 is 19.5 Å². The summed E-state index contributed by atoms with van der Waals surface area (Å²) in [6, 6.07) is 9.01. The minimum atomic E-state index is -4.63. The number of pyridine rings is 1. The molecule has 1 aromatic carbocycles. The second-order valence-electron chi connectivity index (χ2n) is 8.74. The lowest BCUT2D eigenvalue weighted by atomic mass is 9.94. The Kier molecular flexibility index (Phi) is 7.49. The zero-order valence-electron chi connectivity index (χ0n) is 19.7. The highest BCUT2D eigenvalue weighted by atomic mass is 35.5. The molecule has 1 aromatic heterocycles. The predicted molar refractivity (Wildman–Crippen MR) is 129 cm³/mol. The molecule has 36 heavy (non-hydrogen) atoms. The molecule has 0 spiro atoms. The van der Waals surface area contributed by atoms with Crippen molar-refractivity contribution in [3.05, 3.63) is 41.4 Å². The van der Waals surface area contributed by atoms with Crippen molar-refractivity contribution in [3.8, 4) is 11.6 Å². The highest BCUT2D eigenvalue weighted by molar-refractivity contribution is 6.33. The molecule has 2 atom stereocenters. The average molecular weight is 527 g/mol. The van der Waals surface area contributed by atoms with Crippen LogP contribution in [0.1, 0.15) is 26.2 Å². The molecule has 0 bridgehead atoms. The number of anilines is 2. The minimum Gasteiger partial charge on any atom is -0.490 e. The Morgan fingerprint density at radius 1 is 1.17 bits per heavy atom. The fourth-order valence-corrected chi connectivity index (χ4v) is 4.71. The first-order valence-electron chi connectivity index (χ1n) is 11.5. The van der Waals surface area contributed by atoms with Crippen LogP contribution in [0.2, 0.25) is 5.02 Å². The lowest BCUT2D eigenvalue weighted by Crippen LogP contribution is -2.38. The third-order valence-corrected chi connectivity index (χ3v) is 6.66. The number of aromatic nitrogens is 1. The number of alkyl halides is 3. The number of halogens is 4. The van der Waals surface area contributed by atoms with Gasteiger partial charge in [0.1, 0.15) is 17.6 Å². The maximum atomic E-state index is 13.4. The number of hydrazone groups is 1. The van der Waals surface area contributed by atoms with Crippen molar-refractivity contribution in [1.82, 2.24) is 4.98 Å². The van der Waals surface area contributed by atoms with E-state index in [1.807, 2.05) is 0 Å². The van der Waals surface area contributed by atoms with E-state index in [0.717, 1.165) is 17.9 Å². The van der Waals surface area contributed by atoms with Crippen LogP contribution in [0.25, 0.3) is 0 Å². The molecule has 1 fully saturated rings. The van der Waals surface area contributed by atoms with Crippen molar-refractivity contribution in [2.45, 2.75) is 44.5 Å². The topological polar surface area (TPSA) is 87.5 Å². The Bertz CT molecular complexity index is 1120. The van der Waals surface area contributed by atoms with Crippen LogP contribution in [0.4, 0.5) is 24.7 Å². The van der Waals surface area contributed by atoms with Crippen molar-refractivity contribution in [2.24, 2.45) is 11.0 Å². The molecule has 2 aliphatic rings. The highest BCUT2D eigenvalue weighted by Gasteiger charge is 2.48. The number of nitrogens with zero attached hydrogens (tertiary/aromatic N) is 4. The monoisotopic (exact) mass is 526 g/mol. The number of benzene rings is 1. The summed E-state index contributed by atoms with van der Waals surface area (Å²) in [5.41, 5.74) is -0.611. The number of carbonyl (C=O) groups is 1. The van der Waals surface area contributed by atoms with E-state index in [4.69, 9.17) is 21.1 Å². The SMILES string of the molecule is COc1ccc(Cl)c(N2CCC(Oc3ccc(N4N=C(C(F)(F)F)C(C)C4CC(=O)O)cc3)CC2)n1. The van der Waals surface area contributed by atoms with Gasteiger partial charge in [-0.05, 0) is 30.3 Å². The van der Waals surface area contributed by atoms with E-state index in [1.165, 1.54) is 6.92 Å². The first-order chi connectivity index (χ1) is 17.1. The first-order valence-corrected chi connectivity index (χ1v) is 11.8. The Balaban J connectivity index is 1.41. The fourth-order valence-electron chi connectivity index (χ4n) is 4.49. The molecule has 4 rings (SSSR count). The molecule has 2 unspecified atom stereocenters. The lowest BCUT2D eigenvalue weighted by molar-refractivity contribution is -0.137. The molecule has 0 aliphatic carbocycles. The van der Waals surface area contributed by atoms with Gasteiger partial charge in [0.25, 0.3) is 0 Å². The van der Waals surface area contributed by atoms with Crippen LogP contribution < -0.4 is 19.4 Å². The number of carboxylic acid groups (broad SMARTS) is 1.